The second kappa shape index (κ2) is 16.6. The fraction of sp³-hybridized carbons (Fsp3) is 0.516. The molecule has 208 valence electrons. The van der Waals surface area contributed by atoms with E-state index in [1.54, 1.807) is 11.3 Å². The van der Waals surface area contributed by atoms with Gasteiger partial charge in [0.25, 0.3) is 0 Å². The molecule has 7 heteroatoms. The van der Waals surface area contributed by atoms with Crippen LogP contribution in [0.2, 0.25) is 6.32 Å². The van der Waals surface area contributed by atoms with Gasteiger partial charge in [0.2, 0.25) is 6.71 Å². The SMILES string of the molecule is CCC(CC(C)CC(C)C)Cn1ccnc1.CCc1csc(B(CCC=CC(F)(F)F)c2ccccc2)c1. The predicted molar refractivity (Wildman–Crippen MR) is 159 cm³/mol. The highest BCUT2D eigenvalue weighted by Gasteiger charge is 2.23. The van der Waals surface area contributed by atoms with Crippen LogP contribution in [0.4, 0.5) is 13.2 Å². The summed E-state index contributed by atoms with van der Waals surface area (Å²) < 4.78 is 40.0. The zero-order valence-corrected chi connectivity index (χ0v) is 24.4. The summed E-state index contributed by atoms with van der Waals surface area (Å²) in [6, 6.07) is 12.2. The molecule has 2 atom stereocenters. The number of hydrogen-bond acceptors (Lipinski definition) is 2. The third-order valence-electron chi connectivity index (χ3n) is 6.77. The van der Waals surface area contributed by atoms with Gasteiger partial charge in [-0.05, 0) is 59.2 Å². The highest BCUT2D eigenvalue weighted by atomic mass is 32.1. The van der Waals surface area contributed by atoms with Crippen molar-refractivity contribution in [2.24, 2.45) is 17.8 Å². The van der Waals surface area contributed by atoms with Crippen molar-refractivity contribution in [3.8, 4) is 0 Å². The molecule has 3 aromatic rings. The molecule has 3 rings (SSSR count). The monoisotopic (exact) mass is 544 g/mol. The zero-order valence-electron chi connectivity index (χ0n) is 23.6. The summed E-state index contributed by atoms with van der Waals surface area (Å²) in [6.45, 7) is 12.7. The first-order valence-electron chi connectivity index (χ1n) is 13.9. The number of aromatic nitrogens is 2. The molecule has 38 heavy (non-hydrogen) atoms. The summed E-state index contributed by atoms with van der Waals surface area (Å²) in [4.78, 5) is 4.10. The number of halogens is 3. The molecule has 0 aliphatic carbocycles. The molecule has 0 N–H and O–H groups in total. The lowest BCUT2D eigenvalue weighted by atomic mass is 9.41. The largest absolute Gasteiger partial charge is 0.409 e. The highest BCUT2D eigenvalue weighted by Crippen LogP contribution is 2.23. The fourth-order valence-corrected chi connectivity index (χ4v) is 6.09. The average Bonchev–Trinajstić information content (AvgIpc) is 3.55. The predicted octanol–water partition coefficient (Wildman–Crippen LogP) is 8.41. The normalized spacial score (nSPS) is 13.4. The molecule has 2 nitrogen and oxygen atoms in total. The molecule has 0 aliphatic rings. The first-order valence-corrected chi connectivity index (χ1v) is 14.8. The van der Waals surface area contributed by atoms with Crippen LogP contribution in [0.1, 0.15) is 65.9 Å². The van der Waals surface area contributed by atoms with Crippen LogP contribution in [0.25, 0.3) is 0 Å². The maximum absolute atomic E-state index is 12.2. The van der Waals surface area contributed by atoms with Crippen LogP contribution in [-0.4, -0.2) is 22.4 Å². The number of nitrogens with zero attached hydrogens (tertiary/aromatic N) is 2. The minimum absolute atomic E-state index is 0.157. The van der Waals surface area contributed by atoms with Gasteiger partial charge >= 0.3 is 6.18 Å². The Bertz CT molecular complexity index is 1030. The van der Waals surface area contributed by atoms with Gasteiger partial charge in [-0.2, -0.15) is 24.5 Å². The van der Waals surface area contributed by atoms with Crippen molar-refractivity contribution in [2.75, 3.05) is 0 Å². The maximum Gasteiger partial charge on any atom is 0.409 e. The van der Waals surface area contributed by atoms with Gasteiger partial charge in [0.15, 0.2) is 0 Å². The van der Waals surface area contributed by atoms with Crippen LogP contribution < -0.4 is 10.2 Å². The number of rotatable bonds is 13. The van der Waals surface area contributed by atoms with Crippen LogP contribution in [0.5, 0.6) is 0 Å². The van der Waals surface area contributed by atoms with Gasteiger partial charge in [-0.1, -0.05) is 95.3 Å². The Kier molecular flexibility index (Phi) is 14.0. The number of hydrogen-bond donors (Lipinski definition) is 0. The van der Waals surface area contributed by atoms with E-state index in [-0.39, 0.29) is 6.71 Å². The smallest absolute Gasteiger partial charge is 0.337 e. The molecule has 2 heterocycles. The zero-order chi connectivity index (χ0) is 28.0. The number of thiophene rings is 1. The first-order chi connectivity index (χ1) is 18.1. The van der Waals surface area contributed by atoms with E-state index in [9.17, 15) is 13.2 Å². The van der Waals surface area contributed by atoms with Crippen LogP contribution in [0.15, 0.2) is 72.7 Å². The molecule has 0 fully saturated rings. The lowest BCUT2D eigenvalue weighted by Gasteiger charge is -2.21. The fourth-order valence-electron chi connectivity index (χ4n) is 4.93. The van der Waals surface area contributed by atoms with E-state index in [1.165, 1.54) is 35.7 Å². The molecule has 0 saturated carbocycles. The summed E-state index contributed by atoms with van der Waals surface area (Å²) in [5.74, 6) is 2.46. The van der Waals surface area contributed by atoms with Gasteiger partial charge < -0.3 is 4.57 Å². The summed E-state index contributed by atoms with van der Waals surface area (Å²) in [5, 5.41) is 2.14. The maximum atomic E-state index is 12.2. The number of alkyl halides is 3. The third-order valence-corrected chi connectivity index (χ3v) is 7.87. The molecular weight excluding hydrogens is 500 g/mol. The molecule has 0 bridgehead atoms. The van der Waals surface area contributed by atoms with Crippen molar-refractivity contribution in [1.82, 2.24) is 9.55 Å². The molecule has 0 saturated heterocycles. The number of allylic oxidation sites excluding steroid dienone is 2. The Morgan fingerprint density at radius 1 is 1.08 bits per heavy atom. The van der Waals surface area contributed by atoms with Crippen molar-refractivity contribution >= 4 is 28.3 Å². The highest BCUT2D eigenvalue weighted by molar-refractivity contribution is 7.24. The summed E-state index contributed by atoms with van der Waals surface area (Å²) in [5.41, 5.74) is 2.44. The molecule has 0 amide bonds. The number of benzene rings is 1. The Hall–Kier alpha value is -2.28. The minimum atomic E-state index is -4.22. The summed E-state index contributed by atoms with van der Waals surface area (Å²) in [6.07, 6.45) is 9.22. The van der Waals surface area contributed by atoms with E-state index < -0.39 is 6.18 Å². The lowest BCUT2D eigenvalue weighted by molar-refractivity contribution is -0.0800. The summed E-state index contributed by atoms with van der Waals surface area (Å²) >= 11 is 1.69. The van der Waals surface area contributed by atoms with Crippen molar-refractivity contribution in [1.29, 1.82) is 0 Å². The second-order valence-corrected chi connectivity index (χ2v) is 11.6. The van der Waals surface area contributed by atoms with E-state index in [0.717, 1.165) is 36.2 Å². The quantitative estimate of drug-likeness (QED) is 0.156. The van der Waals surface area contributed by atoms with Gasteiger partial charge in [0.05, 0.1) is 6.33 Å². The molecule has 0 radical (unpaired) electrons. The Morgan fingerprint density at radius 3 is 2.37 bits per heavy atom. The summed E-state index contributed by atoms with van der Waals surface area (Å²) in [7, 11) is 0. The molecule has 0 spiro atoms. The molecule has 2 unspecified atom stereocenters. The first kappa shape index (κ1) is 31.9. The third kappa shape index (κ3) is 12.5. The molecule has 2 aromatic heterocycles. The van der Waals surface area contributed by atoms with Crippen molar-refractivity contribution in [3.05, 3.63) is 78.2 Å². The molecule has 1 aromatic carbocycles. The van der Waals surface area contributed by atoms with E-state index in [4.69, 9.17) is 0 Å². The van der Waals surface area contributed by atoms with Crippen molar-refractivity contribution < 1.29 is 13.2 Å². The van der Waals surface area contributed by atoms with E-state index >= 15 is 0 Å². The van der Waals surface area contributed by atoms with Gasteiger partial charge in [-0.25, -0.2) is 4.98 Å². The van der Waals surface area contributed by atoms with E-state index in [1.807, 2.05) is 42.9 Å². The molecular formula is C31H44BF3N2S. The standard InChI is InChI=1S/C17H18BF3S.C14H26N2/c1-2-14-12-16(22-13-14)18(15-8-4-3-5-9-15)11-7-6-10-17(19,20)21;1-5-14(9-13(4)8-12(2)3)10-16-7-6-15-11-16/h3-6,8-10,12-13H,2,7,11H2,1H3;6-7,11-14H,5,8-10H2,1-4H3. The van der Waals surface area contributed by atoms with Crippen LogP contribution in [-0.2, 0) is 13.0 Å². The topological polar surface area (TPSA) is 17.8 Å². The van der Waals surface area contributed by atoms with Gasteiger partial charge in [-0.3, -0.25) is 0 Å². The van der Waals surface area contributed by atoms with Gasteiger partial charge in [0, 0.05) is 25.0 Å². The molecule has 0 aliphatic heterocycles. The lowest BCUT2D eigenvalue weighted by Crippen LogP contribution is -2.40. The second-order valence-electron chi connectivity index (χ2n) is 10.7. The van der Waals surface area contributed by atoms with E-state index in [2.05, 4.69) is 61.8 Å². The van der Waals surface area contributed by atoms with Gasteiger partial charge in [-0.15, -0.1) is 0 Å². The number of aryl methyl sites for hydroxylation is 1. The minimum Gasteiger partial charge on any atom is -0.337 e. The van der Waals surface area contributed by atoms with Crippen LogP contribution >= 0.6 is 11.3 Å². The van der Waals surface area contributed by atoms with Crippen LogP contribution in [0, 0.1) is 17.8 Å². The number of imidazole rings is 1. The van der Waals surface area contributed by atoms with E-state index in [0.29, 0.717) is 18.8 Å². The Balaban J connectivity index is 0.000000281. The van der Waals surface area contributed by atoms with Crippen LogP contribution in [0.3, 0.4) is 0 Å². The Morgan fingerprint density at radius 2 is 1.82 bits per heavy atom. The average molecular weight is 545 g/mol. The van der Waals surface area contributed by atoms with Crippen molar-refractivity contribution in [3.63, 3.8) is 0 Å². The Labute approximate surface area is 232 Å². The van der Waals surface area contributed by atoms with Gasteiger partial charge in [0.1, 0.15) is 0 Å². The van der Waals surface area contributed by atoms with Crippen molar-refractivity contribution in [2.45, 2.75) is 85.8 Å².